The molecule has 198 valence electrons. The highest BCUT2D eigenvalue weighted by molar-refractivity contribution is 6.89. The minimum Gasteiger partial charge on any atom is -0.484 e. The van der Waals surface area contributed by atoms with Gasteiger partial charge in [0, 0.05) is 28.5 Å². The quantitative estimate of drug-likeness (QED) is 0.219. The predicted octanol–water partition coefficient (Wildman–Crippen LogP) is 6.19. The van der Waals surface area contributed by atoms with E-state index in [0.717, 1.165) is 16.0 Å². The number of esters is 1. The van der Waals surface area contributed by atoms with E-state index in [0.29, 0.717) is 34.5 Å². The van der Waals surface area contributed by atoms with E-state index in [9.17, 15) is 9.59 Å². The molecule has 1 saturated heterocycles. The second-order valence-corrected chi connectivity index (χ2v) is 22.9. The molecule has 0 N–H and O–H groups in total. The maximum absolute atomic E-state index is 14.4. The van der Waals surface area contributed by atoms with Gasteiger partial charge in [-0.2, -0.15) is 0 Å². The molecule has 1 fully saturated rings. The summed E-state index contributed by atoms with van der Waals surface area (Å²) in [7, 11) is -4.15. The molecule has 0 amide bonds. The van der Waals surface area contributed by atoms with E-state index >= 15 is 0 Å². The zero-order valence-electron chi connectivity index (χ0n) is 23.4. The van der Waals surface area contributed by atoms with Crippen molar-refractivity contribution in [3.05, 3.63) is 45.8 Å². The summed E-state index contributed by atoms with van der Waals surface area (Å²) in [4.78, 5) is 26.6. The first-order chi connectivity index (χ1) is 17.1. The molecular formula is C29H38O6Si2. The Morgan fingerprint density at radius 1 is 1.03 bits per heavy atom. The van der Waals surface area contributed by atoms with Crippen LogP contribution in [-0.4, -0.2) is 34.6 Å². The molecular weight excluding hydrogens is 500 g/mol. The molecule has 2 aliphatic rings. The molecule has 0 bridgehead atoms. The average molecular weight is 539 g/mol. The maximum atomic E-state index is 14.4. The molecule has 3 heterocycles. The van der Waals surface area contributed by atoms with E-state index in [1.165, 1.54) is 0 Å². The highest BCUT2D eigenvalue weighted by Crippen LogP contribution is 2.51. The highest BCUT2D eigenvalue weighted by Gasteiger charge is 2.47. The number of fused-ring (bicyclic) bond motifs is 8. The van der Waals surface area contributed by atoms with Crippen LogP contribution in [0.2, 0.25) is 37.8 Å². The van der Waals surface area contributed by atoms with Crippen molar-refractivity contribution in [2.24, 2.45) is 0 Å². The van der Waals surface area contributed by atoms with Gasteiger partial charge in [0.25, 0.3) is 0 Å². The second kappa shape index (κ2) is 8.54. The van der Waals surface area contributed by atoms with Gasteiger partial charge in [-0.25, -0.2) is 0 Å². The first-order valence-corrected chi connectivity index (χ1v) is 19.6. The third kappa shape index (κ3) is 4.27. The van der Waals surface area contributed by atoms with Crippen LogP contribution in [0.15, 0.2) is 33.5 Å². The Kier molecular flexibility index (Phi) is 6.05. The van der Waals surface area contributed by atoms with Crippen molar-refractivity contribution in [2.45, 2.75) is 96.6 Å². The lowest BCUT2D eigenvalue weighted by Crippen LogP contribution is -2.50. The fraction of sp³-hybridized carbons (Fsp3) is 0.517. The molecule has 1 aromatic heterocycles. The van der Waals surface area contributed by atoms with Gasteiger partial charge in [-0.05, 0) is 25.1 Å². The lowest BCUT2D eigenvalue weighted by molar-refractivity contribution is -0.141. The van der Waals surface area contributed by atoms with Gasteiger partial charge in [0.05, 0.1) is 25.4 Å². The van der Waals surface area contributed by atoms with Crippen LogP contribution < -0.4 is 15.4 Å². The molecule has 5 rings (SSSR count). The predicted molar refractivity (Wildman–Crippen MR) is 152 cm³/mol. The molecule has 0 saturated carbocycles. The van der Waals surface area contributed by atoms with Crippen LogP contribution in [0.25, 0.3) is 21.7 Å². The Hall–Kier alpha value is -2.43. The average Bonchev–Trinajstić information content (AvgIpc) is 3.28. The van der Waals surface area contributed by atoms with Crippen LogP contribution in [-0.2, 0) is 20.4 Å². The normalized spacial score (nSPS) is 20.6. The standard InChI is InChI=1S/C29H38O6Si2/c1-16(35-37(8,9)29(2,3)4)14-20-28(36(5,6)7)24(31)22-23-26(32-19-15-21(30)34-27(19)23)18-13-11-10-12-17(18)25(22)33-20/h10-13,16,19,27H,14-15H2,1-9H3/t16-,19-,27+/m1/s1. The third-order valence-corrected chi connectivity index (χ3v) is 14.8. The lowest BCUT2D eigenvalue weighted by atomic mass is 9.96. The maximum Gasteiger partial charge on any atom is 0.310 e. The van der Waals surface area contributed by atoms with Crippen LogP contribution >= 0.6 is 0 Å². The van der Waals surface area contributed by atoms with Crippen LogP contribution in [0.4, 0.5) is 0 Å². The number of rotatable bonds is 5. The van der Waals surface area contributed by atoms with E-state index in [2.05, 4.69) is 60.4 Å². The molecule has 0 radical (unpaired) electrons. The Morgan fingerprint density at radius 3 is 2.30 bits per heavy atom. The fourth-order valence-electron chi connectivity index (χ4n) is 5.47. The molecule has 37 heavy (non-hydrogen) atoms. The van der Waals surface area contributed by atoms with Gasteiger partial charge in [-0.3, -0.25) is 9.59 Å². The molecule has 3 aromatic rings. The Morgan fingerprint density at radius 2 is 1.68 bits per heavy atom. The Balaban J connectivity index is 1.75. The number of benzene rings is 2. The summed E-state index contributed by atoms with van der Waals surface area (Å²) in [6, 6.07) is 7.84. The van der Waals surface area contributed by atoms with Crippen molar-refractivity contribution in [3.63, 3.8) is 0 Å². The number of hydrogen-bond donors (Lipinski definition) is 0. The Bertz CT molecular complexity index is 1470. The van der Waals surface area contributed by atoms with Crippen molar-refractivity contribution in [3.8, 4) is 5.75 Å². The Labute approximate surface area is 220 Å². The van der Waals surface area contributed by atoms with Gasteiger partial charge in [0.1, 0.15) is 17.1 Å². The van der Waals surface area contributed by atoms with E-state index in [-0.39, 0.29) is 29.0 Å². The van der Waals surface area contributed by atoms with E-state index in [1.54, 1.807) is 0 Å². The molecule has 3 atom stereocenters. The zero-order valence-corrected chi connectivity index (χ0v) is 25.4. The molecule has 0 spiro atoms. The summed E-state index contributed by atoms with van der Waals surface area (Å²) in [5.41, 5.74) is 1.18. The van der Waals surface area contributed by atoms with E-state index in [1.807, 2.05) is 24.3 Å². The number of ether oxygens (including phenoxy) is 2. The zero-order chi connectivity index (χ0) is 27.1. The van der Waals surface area contributed by atoms with Crippen LogP contribution in [0.5, 0.6) is 5.75 Å². The van der Waals surface area contributed by atoms with E-state index < -0.39 is 28.6 Å². The van der Waals surface area contributed by atoms with Crippen LogP contribution in [0.3, 0.4) is 0 Å². The van der Waals surface area contributed by atoms with Gasteiger partial charge in [0.15, 0.2) is 26.0 Å². The minimum atomic E-state index is -2.15. The summed E-state index contributed by atoms with van der Waals surface area (Å²) in [6.07, 6.45) is -0.384. The monoisotopic (exact) mass is 538 g/mol. The number of carbonyl (C=O) groups excluding carboxylic acids is 1. The van der Waals surface area contributed by atoms with Crippen molar-refractivity contribution >= 4 is 49.3 Å². The summed E-state index contributed by atoms with van der Waals surface area (Å²) >= 11 is 0. The van der Waals surface area contributed by atoms with Crippen molar-refractivity contribution in [2.75, 3.05) is 0 Å². The lowest BCUT2D eigenvalue weighted by Gasteiger charge is -2.38. The smallest absolute Gasteiger partial charge is 0.310 e. The van der Waals surface area contributed by atoms with Crippen molar-refractivity contribution < 1.29 is 23.1 Å². The highest BCUT2D eigenvalue weighted by atomic mass is 28.4. The molecule has 2 aromatic carbocycles. The van der Waals surface area contributed by atoms with Crippen LogP contribution in [0.1, 0.15) is 51.5 Å². The fourth-order valence-corrected chi connectivity index (χ4v) is 8.71. The summed E-state index contributed by atoms with van der Waals surface area (Å²) in [6.45, 7) is 19.8. The summed E-state index contributed by atoms with van der Waals surface area (Å²) in [5.74, 6) is 1.05. The van der Waals surface area contributed by atoms with Gasteiger partial charge in [-0.1, -0.05) is 64.7 Å². The van der Waals surface area contributed by atoms with Gasteiger partial charge in [0.2, 0.25) is 0 Å². The van der Waals surface area contributed by atoms with Crippen molar-refractivity contribution in [1.82, 2.24) is 0 Å². The molecule has 0 unspecified atom stereocenters. The first-order valence-electron chi connectivity index (χ1n) is 13.2. The van der Waals surface area contributed by atoms with Gasteiger partial charge >= 0.3 is 5.97 Å². The van der Waals surface area contributed by atoms with Gasteiger partial charge < -0.3 is 18.3 Å². The molecule has 8 heteroatoms. The first kappa shape index (κ1) is 26.2. The minimum absolute atomic E-state index is 0.0239. The van der Waals surface area contributed by atoms with Crippen molar-refractivity contribution in [1.29, 1.82) is 0 Å². The topological polar surface area (TPSA) is 75.0 Å². The van der Waals surface area contributed by atoms with Gasteiger partial charge in [-0.15, -0.1) is 0 Å². The summed E-state index contributed by atoms with van der Waals surface area (Å²) in [5, 5.41) is 3.06. The van der Waals surface area contributed by atoms with Crippen LogP contribution in [0, 0.1) is 0 Å². The SMILES string of the molecule is C[C@H](Cc1oc2c(c3c(c4ccccc42)O[C@@H]2CC(=O)O[C@H]32)c(=O)c1[Si](C)(C)C)O[Si](C)(C)C(C)(C)C. The summed E-state index contributed by atoms with van der Waals surface area (Å²) < 4.78 is 25.4. The number of carbonyl (C=O) groups is 1. The molecule has 6 nitrogen and oxygen atoms in total. The third-order valence-electron chi connectivity index (χ3n) is 8.16. The largest absolute Gasteiger partial charge is 0.484 e. The number of hydrogen-bond acceptors (Lipinski definition) is 6. The van der Waals surface area contributed by atoms with E-state index in [4.69, 9.17) is 18.3 Å². The molecule has 2 aliphatic heterocycles. The second-order valence-electron chi connectivity index (χ2n) is 13.1. The molecule has 0 aliphatic carbocycles.